The van der Waals surface area contributed by atoms with Crippen LogP contribution in [0, 0.1) is 0 Å². The molecule has 0 spiro atoms. The van der Waals surface area contributed by atoms with E-state index in [-0.39, 0.29) is 18.4 Å². The number of nitrogens with two attached hydrogens (primary N) is 1. The van der Waals surface area contributed by atoms with Gasteiger partial charge >= 0.3 is 5.97 Å². The molecule has 0 saturated heterocycles. The van der Waals surface area contributed by atoms with E-state index in [4.69, 9.17) is 10.5 Å². The first-order valence-electron chi connectivity index (χ1n) is 4.90. The zero-order valence-electron chi connectivity index (χ0n) is 8.87. The van der Waals surface area contributed by atoms with Crippen molar-refractivity contribution in [3.05, 3.63) is 32.7 Å². The van der Waals surface area contributed by atoms with E-state index in [0.29, 0.717) is 6.61 Å². The average molecular weight is 351 g/mol. The number of carbonyl (C=O) groups excluding carboxylic acids is 1. The largest absolute Gasteiger partial charge is 0.466 e. The van der Waals surface area contributed by atoms with Crippen molar-refractivity contribution in [2.75, 3.05) is 6.61 Å². The van der Waals surface area contributed by atoms with Crippen molar-refractivity contribution in [3.63, 3.8) is 0 Å². The van der Waals surface area contributed by atoms with Crippen molar-refractivity contribution in [3.8, 4) is 0 Å². The molecule has 1 atom stereocenters. The van der Waals surface area contributed by atoms with Gasteiger partial charge in [-0.25, -0.2) is 0 Å². The summed E-state index contributed by atoms with van der Waals surface area (Å²) in [7, 11) is 0. The molecule has 0 heterocycles. The molecular formula is C11H13Br2NO2. The zero-order chi connectivity index (χ0) is 12.1. The number of halogens is 2. The molecule has 5 heteroatoms. The number of carbonyl (C=O) groups is 1. The Balaban J connectivity index is 2.69. The van der Waals surface area contributed by atoms with E-state index in [1.165, 1.54) is 0 Å². The van der Waals surface area contributed by atoms with Crippen LogP contribution in [0.1, 0.15) is 24.9 Å². The predicted octanol–water partition coefficient (Wildman–Crippen LogP) is 3.16. The Morgan fingerprint density at radius 1 is 1.44 bits per heavy atom. The highest BCUT2D eigenvalue weighted by molar-refractivity contribution is 9.13. The normalized spacial score (nSPS) is 12.2. The van der Waals surface area contributed by atoms with Crippen LogP contribution in [0.15, 0.2) is 27.1 Å². The van der Waals surface area contributed by atoms with Gasteiger partial charge in [0.2, 0.25) is 0 Å². The summed E-state index contributed by atoms with van der Waals surface area (Å²) in [5.74, 6) is -0.269. The summed E-state index contributed by atoms with van der Waals surface area (Å²) in [6, 6.07) is 5.35. The minimum absolute atomic E-state index is 0.196. The number of hydrogen-bond donors (Lipinski definition) is 1. The summed E-state index contributed by atoms with van der Waals surface area (Å²) in [6.45, 7) is 2.16. The number of rotatable bonds is 4. The van der Waals surface area contributed by atoms with E-state index in [9.17, 15) is 4.79 Å². The second-order valence-corrected chi connectivity index (χ2v) is 5.00. The minimum Gasteiger partial charge on any atom is -0.466 e. The van der Waals surface area contributed by atoms with Crippen molar-refractivity contribution < 1.29 is 9.53 Å². The SMILES string of the molecule is CCOC(=O)C[C@@H](N)c1ccc(Br)c(Br)c1. The van der Waals surface area contributed by atoms with Crippen molar-refractivity contribution >= 4 is 37.8 Å². The molecule has 0 saturated carbocycles. The Morgan fingerprint density at radius 2 is 2.12 bits per heavy atom. The first-order valence-corrected chi connectivity index (χ1v) is 6.49. The van der Waals surface area contributed by atoms with E-state index >= 15 is 0 Å². The van der Waals surface area contributed by atoms with E-state index in [2.05, 4.69) is 31.9 Å². The van der Waals surface area contributed by atoms with E-state index in [0.717, 1.165) is 14.5 Å². The second-order valence-electron chi connectivity index (χ2n) is 3.29. The van der Waals surface area contributed by atoms with Gasteiger partial charge in [-0.05, 0) is 56.5 Å². The number of esters is 1. The van der Waals surface area contributed by atoms with Crippen molar-refractivity contribution in [1.82, 2.24) is 0 Å². The average Bonchev–Trinajstić information content (AvgIpc) is 2.22. The summed E-state index contributed by atoms with van der Waals surface area (Å²) >= 11 is 6.77. The zero-order valence-corrected chi connectivity index (χ0v) is 12.0. The number of benzene rings is 1. The van der Waals surface area contributed by atoms with Gasteiger partial charge in [-0.15, -0.1) is 0 Å². The topological polar surface area (TPSA) is 52.3 Å². The Morgan fingerprint density at radius 3 is 2.69 bits per heavy atom. The summed E-state index contributed by atoms with van der Waals surface area (Å²) in [4.78, 5) is 11.3. The van der Waals surface area contributed by atoms with Gasteiger partial charge in [0.15, 0.2) is 0 Å². The summed E-state index contributed by atoms with van der Waals surface area (Å²) in [5.41, 5.74) is 6.81. The van der Waals surface area contributed by atoms with Gasteiger partial charge in [0.1, 0.15) is 0 Å². The molecule has 16 heavy (non-hydrogen) atoms. The quantitative estimate of drug-likeness (QED) is 0.848. The maximum atomic E-state index is 11.3. The van der Waals surface area contributed by atoms with E-state index in [1.807, 2.05) is 18.2 Å². The summed E-state index contributed by atoms with van der Waals surface area (Å²) in [6.07, 6.45) is 0.196. The second kappa shape index (κ2) is 6.37. The van der Waals surface area contributed by atoms with Gasteiger partial charge in [0.05, 0.1) is 13.0 Å². The van der Waals surface area contributed by atoms with Gasteiger partial charge in [0, 0.05) is 15.0 Å². The Bertz CT molecular complexity index is 382. The smallest absolute Gasteiger partial charge is 0.307 e. The van der Waals surface area contributed by atoms with Gasteiger partial charge in [-0.2, -0.15) is 0 Å². The van der Waals surface area contributed by atoms with Gasteiger partial charge in [0.25, 0.3) is 0 Å². The molecule has 3 nitrogen and oxygen atoms in total. The molecule has 0 aromatic heterocycles. The fourth-order valence-corrected chi connectivity index (χ4v) is 1.90. The standard InChI is InChI=1S/C11H13Br2NO2/c1-2-16-11(15)6-10(14)7-3-4-8(12)9(13)5-7/h3-5,10H,2,6,14H2,1H3/t10-/m1/s1. The van der Waals surface area contributed by atoms with E-state index < -0.39 is 0 Å². The van der Waals surface area contributed by atoms with Gasteiger partial charge in [-0.1, -0.05) is 6.07 Å². The molecular weight excluding hydrogens is 338 g/mol. The molecule has 1 aromatic rings. The number of ether oxygens (including phenoxy) is 1. The highest BCUT2D eigenvalue weighted by Gasteiger charge is 2.13. The maximum Gasteiger partial charge on any atom is 0.307 e. The van der Waals surface area contributed by atoms with Crippen LogP contribution in [-0.2, 0) is 9.53 Å². The molecule has 0 bridgehead atoms. The fourth-order valence-electron chi connectivity index (χ4n) is 1.26. The Kier molecular flexibility index (Phi) is 5.44. The first kappa shape index (κ1) is 13.7. The van der Waals surface area contributed by atoms with Gasteiger partial charge < -0.3 is 10.5 Å². The van der Waals surface area contributed by atoms with Crippen LogP contribution in [0.2, 0.25) is 0 Å². The van der Waals surface area contributed by atoms with Crippen LogP contribution in [-0.4, -0.2) is 12.6 Å². The third-order valence-electron chi connectivity index (χ3n) is 2.06. The Hall–Kier alpha value is -0.390. The molecule has 2 N–H and O–H groups in total. The minimum atomic E-state index is -0.330. The van der Waals surface area contributed by atoms with Crippen LogP contribution >= 0.6 is 31.9 Å². The lowest BCUT2D eigenvalue weighted by Gasteiger charge is -2.12. The summed E-state index contributed by atoms with van der Waals surface area (Å²) in [5, 5.41) is 0. The lowest BCUT2D eigenvalue weighted by Crippen LogP contribution is -2.17. The lowest BCUT2D eigenvalue weighted by molar-refractivity contribution is -0.143. The van der Waals surface area contributed by atoms with Crippen LogP contribution in [0.25, 0.3) is 0 Å². The molecule has 0 fully saturated rings. The molecule has 0 unspecified atom stereocenters. The van der Waals surface area contributed by atoms with Crippen LogP contribution < -0.4 is 5.73 Å². The molecule has 1 rings (SSSR count). The Labute approximate surface area is 112 Å². The molecule has 0 aliphatic carbocycles. The van der Waals surface area contributed by atoms with Gasteiger partial charge in [-0.3, -0.25) is 4.79 Å². The lowest BCUT2D eigenvalue weighted by atomic mass is 10.1. The maximum absolute atomic E-state index is 11.3. The third kappa shape index (κ3) is 3.88. The number of hydrogen-bond acceptors (Lipinski definition) is 3. The van der Waals surface area contributed by atoms with Crippen molar-refractivity contribution in [1.29, 1.82) is 0 Å². The first-order chi connectivity index (χ1) is 7.54. The van der Waals surface area contributed by atoms with Crippen molar-refractivity contribution in [2.45, 2.75) is 19.4 Å². The monoisotopic (exact) mass is 349 g/mol. The van der Waals surface area contributed by atoms with Crippen molar-refractivity contribution in [2.24, 2.45) is 5.73 Å². The molecule has 0 aliphatic heterocycles. The molecule has 1 aromatic carbocycles. The molecule has 0 aliphatic rings. The van der Waals surface area contributed by atoms with Crippen LogP contribution in [0.3, 0.4) is 0 Å². The molecule has 0 radical (unpaired) electrons. The van der Waals surface area contributed by atoms with Crippen LogP contribution in [0.4, 0.5) is 0 Å². The predicted molar refractivity (Wildman–Crippen MR) is 70.0 cm³/mol. The summed E-state index contributed by atoms with van der Waals surface area (Å²) < 4.78 is 6.73. The van der Waals surface area contributed by atoms with E-state index in [1.54, 1.807) is 6.92 Å². The third-order valence-corrected chi connectivity index (χ3v) is 3.94. The molecule has 88 valence electrons. The van der Waals surface area contributed by atoms with Crippen LogP contribution in [0.5, 0.6) is 0 Å². The molecule has 0 amide bonds. The fraction of sp³-hybridized carbons (Fsp3) is 0.364. The highest BCUT2D eigenvalue weighted by atomic mass is 79.9. The highest BCUT2D eigenvalue weighted by Crippen LogP contribution is 2.26.